The lowest BCUT2D eigenvalue weighted by Crippen LogP contribution is -2.38. The third kappa shape index (κ3) is 3.84. The fourth-order valence-corrected chi connectivity index (χ4v) is 3.90. The van der Waals surface area contributed by atoms with Crippen molar-refractivity contribution in [2.24, 2.45) is 0 Å². The molecule has 5 nitrogen and oxygen atoms in total. The van der Waals surface area contributed by atoms with Crippen LogP contribution in [0.2, 0.25) is 10.0 Å². The molecule has 1 aliphatic heterocycles. The number of nitrogens with zero attached hydrogens (tertiary/aromatic N) is 4. The van der Waals surface area contributed by atoms with E-state index in [1.54, 1.807) is 30.4 Å². The number of carbonyl (C=O) groups excluding carboxylic acids is 1. The second kappa shape index (κ2) is 7.71. The lowest BCUT2D eigenvalue weighted by atomic mass is 9.97. The fourth-order valence-electron chi connectivity index (χ4n) is 3.43. The highest BCUT2D eigenvalue weighted by atomic mass is 35.5. The lowest BCUT2D eigenvalue weighted by molar-refractivity contribution is -0.127. The Morgan fingerprint density at radius 3 is 2.93 bits per heavy atom. The van der Waals surface area contributed by atoms with Gasteiger partial charge in [-0.25, -0.2) is 0 Å². The Morgan fingerprint density at radius 1 is 1.19 bits per heavy atom. The summed E-state index contributed by atoms with van der Waals surface area (Å²) in [5.74, 6) is 1.06. The maximum atomic E-state index is 12.7. The number of aromatic nitrogens is 3. The second-order valence-corrected chi connectivity index (χ2v) is 7.45. The summed E-state index contributed by atoms with van der Waals surface area (Å²) in [4.78, 5) is 14.5. The Balaban J connectivity index is 1.49. The molecule has 3 aromatic rings. The van der Waals surface area contributed by atoms with Crippen molar-refractivity contribution in [3.63, 3.8) is 0 Å². The maximum absolute atomic E-state index is 12.7. The molecule has 1 atom stereocenters. The van der Waals surface area contributed by atoms with Gasteiger partial charge in [-0.3, -0.25) is 9.20 Å². The largest absolute Gasteiger partial charge is 0.338 e. The molecule has 0 N–H and O–H groups in total. The standard InChI is InChI=1S/C20H18Cl2N4O/c21-16-8-6-14(17(22)12-16)7-9-19(27)25-10-3-4-15(13-25)20-24-23-18-5-1-2-11-26(18)20/h1-2,5-9,11-12,15H,3-4,10,13H2/b9-7+/t15-/m0/s1. The van der Waals surface area contributed by atoms with Crippen LogP contribution in [-0.4, -0.2) is 38.5 Å². The van der Waals surface area contributed by atoms with Crippen molar-refractivity contribution in [3.8, 4) is 0 Å². The van der Waals surface area contributed by atoms with E-state index >= 15 is 0 Å². The summed E-state index contributed by atoms with van der Waals surface area (Å²) in [5.41, 5.74) is 1.60. The molecule has 1 aromatic carbocycles. The number of hydrogen-bond donors (Lipinski definition) is 0. The quantitative estimate of drug-likeness (QED) is 0.609. The SMILES string of the molecule is O=C(/C=C/c1ccc(Cl)cc1Cl)N1CCC[C@H](c2nnc3ccccn23)C1. The van der Waals surface area contributed by atoms with Gasteiger partial charge in [0.25, 0.3) is 0 Å². The van der Waals surface area contributed by atoms with Crippen LogP contribution < -0.4 is 0 Å². The van der Waals surface area contributed by atoms with Gasteiger partial charge in [-0.05, 0) is 48.7 Å². The van der Waals surface area contributed by atoms with Gasteiger partial charge in [-0.15, -0.1) is 10.2 Å². The Morgan fingerprint density at radius 2 is 2.07 bits per heavy atom. The molecule has 4 rings (SSSR count). The van der Waals surface area contributed by atoms with Gasteiger partial charge in [0.15, 0.2) is 5.65 Å². The number of carbonyl (C=O) groups is 1. The van der Waals surface area contributed by atoms with Crippen LogP contribution in [0.15, 0.2) is 48.7 Å². The molecule has 0 radical (unpaired) electrons. The van der Waals surface area contributed by atoms with E-state index in [-0.39, 0.29) is 11.8 Å². The van der Waals surface area contributed by atoms with Gasteiger partial charge in [0, 0.05) is 41.3 Å². The highest BCUT2D eigenvalue weighted by Crippen LogP contribution is 2.27. The van der Waals surface area contributed by atoms with Gasteiger partial charge in [0.05, 0.1) is 0 Å². The highest BCUT2D eigenvalue weighted by molar-refractivity contribution is 6.35. The van der Waals surface area contributed by atoms with Crippen molar-refractivity contribution in [2.75, 3.05) is 13.1 Å². The Labute approximate surface area is 167 Å². The van der Waals surface area contributed by atoms with E-state index in [9.17, 15) is 4.79 Å². The maximum Gasteiger partial charge on any atom is 0.246 e. The molecule has 0 unspecified atom stereocenters. The summed E-state index contributed by atoms with van der Waals surface area (Å²) in [6.45, 7) is 1.37. The molecule has 1 saturated heterocycles. The van der Waals surface area contributed by atoms with Crippen LogP contribution in [0.4, 0.5) is 0 Å². The third-order valence-corrected chi connectivity index (χ3v) is 5.37. The molecule has 0 aliphatic carbocycles. The third-order valence-electron chi connectivity index (χ3n) is 4.81. The average molecular weight is 401 g/mol. The highest BCUT2D eigenvalue weighted by Gasteiger charge is 2.27. The summed E-state index contributed by atoms with van der Waals surface area (Å²) in [6.07, 6.45) is 7.20. The number of fused-ring (bicyclic) bond motifs is 1. The van der Waals surface area contributed by atoms with Crippen LogP contribution in [0.5, 0.6) is 0 Å². The van der Waals surface area contributed by atoms with Gasteiger partial charge in [0.1, 0.15) is 5.82 Å². The van der Waals surface area contributed by atoms with Crippen molar-refractivity contribution in [3.05, 3.63) is 70.1 Å². The first-order chi connectivity index (χ1) is 13.1. The molecule has 0 saturated carbocycles. The fraction of sp³-hybridized carbons (Fsp3) is 0.250. The first-order valence-corrected chi connectivity index (χ1v) is 9.59. The average Bonchev–Trinajstić information content (AvgIpc) is 3.11. The number of halogens is 2. The van der Waals surface area contributed by atoms with Gasteiger partial charge < -0.3 is 4.90 Å². The first-order valence-electron chi connectivity index (χ1n) is 8.83. The summed E-state index contributed by atoms with van der Waals surface area (Å²) < 4.78 is 2.00. The molecule has 138 valence electrons. The molecule has 3 heterocycles. The van der Waals surface area contributed by atoms with E-state index in [0.717, 1.165) is 36.4 Å². The van der Waals surface area contributed by atoms with Crippen molar-refractivity contribution < 1.29 is 4.79 Å². The van der Waals surface area contributed by atoms with E-state index in [1.165, 1.54) is 0 Å². The number of rotatable bonds is 3. The number of hydrogen-bond acceptors (Lipinski definition) is 3. The predicted molar refractivity (Wildman–Crippen MR) is 107 cm³/mol. The number of pyridine rings is 1. The number of likely N-dealkylation sites (tertiary alicyclic amines) is 1. The lowest BCUT2D eigenvalue weighted by Gasteiger charge is -2.31. The summed E-state index contributed by atoms with van der Waals surface area (Å²) in [5, 5.41) is 9.68. The number of benzene rings is 1. The van der Waals surface area contributed by atoms with Crippen molar-refractivity contribution >= 4 is 40.8 Å². The van der Waals surface area contributed by atoms with Crippen LogP contribution >= 0.6 is 23.2 Å². The molecular formula is C20H18Cl2N4O. The number of amides is 1. The van der Waals surface area contributed by atoms with E-state index in [4.69, 9.17) is 23.2 Å². The van der Waals surface area contributed by atoms with Crippen molar-refractivity contribution in [1.29, 1.82) is 0 Å². The van der Waals surface area contributed by atoms with Crippen LogP contribution in [-0.2, 0) is 4.79 Å². The van der Waals surface area contributed by atoms with E-state index in [2.05, 4.69) is 10.2 Å². The minimum absolute atomic E-state index is 0.0282. The van der Waals surface area contributed by atoms with E-state index in [1.807, 2.05) is 33.7 Å². The molecule has 1 amide bonds. The van der Waals surface area contributed by atoms with E-state index < -0.39 is 0 Å². The first kappa shape index (κ1) is 18.0. The van der Waals surface area contributed by atoms with Gasteiger partial charge in [-0.1, -0.05) is 35.3 Å². The smallest absolute Gasteiger partial charge is 0.246 e. The molecule has 2 aromatic heterocycles. The zero-order valence-electron chi connectivity index (χ0n) is 14.6. The summed E-state index contributed by atoms with van der Waals surface area (Å²) in [6, 6.07) is 11.1. The molecule has 1 fully saturated rings. The monoisotopic (exact) mass is 400 g/mol. The topological polar surface area (TPSA) is 50.5 Å². The van der Waals surface area contributed by atoms with Crippen LogP contribution in [0.25, 0.3) is 11.7 Å². The zero-order chi connectivity index (χ0) is 18.8. The van der Waals surface area contributed by atoms with E-state index in [0.29, 0.717) is 16.6 Å². The van der Waals surface area contributed by atoms with Crippen LogP contribution in [0.1, 0.15) is 30.1 Å². The van der Waals surface area contributed by atoms with Crippen LogP contribution in [0, 0.1) is 0 Å². The molecule has 1 aliphatic rings. The van der Waals surface area contributed by atoms with Gasteiger partial charge in [-0.2, -0.15) is 0 Å². The normalized spacial score (nSPS) is 17.7. The molecule has 0 bridgehead atoms. The molecular weight excluding hydrogens is 383 g/mol. The van der Waals surface area contributed by atoms with Crippen molar-refractivity contribution in [1.82, 2.24) is 19.5 Å². The Hall–Kier alpha value is -2.37. The summed E-state index contributed by atoms with van der Waals surface area (Å²) in [7, 11) is 0. The van der Waals surface area contributed by atoms with Crippen molar-refractivity contribution in [2.45, 2.75) is 18.8 Å². The number of piperidine rings is 1. The summed E-state index contributed by atoms with van der Waals surface area (Å²) >= 11 is 12.1. The molecule has 7 heteroatoms. The zero-order valence-corrected chi connectivity index (χ0v) is 16.1. The molecule has 27 heavy (non-hydrogen) atoms. The predicted octanol–water partition coefficient (Wildman–Crippen LogP) is 4.46. The Kier molecular flexibility index (Phi) is 5.14. The molecule has 0 spiro atoms. The Bertz CT molecular complexity index is 1010. The van der Waals surface area contributed by atoms with Gasteiger partial charge in [0.2, 0.25) is 5.91 Å². The van der Waals surface area contributed by atoms with Gasteiger partial charge >= 0.3 is 0 Å². The minimum atomic E-state index is -0.0282. The van der Waals surface area contributed by atoms with Crippen LogP contribution in [0.3, 0.4) is 0 Å². The minimum Gasteiger partial charge on any atom is -0.338 e. The second-order valence-electron chi connectivity index (χ2n) is 6.61.